The third kappa shape index (κ3) is 2.36. The summed E-state index contributed by atoms with van der Waals surface area (Å²) in [5, 5.41) is 1.09. The van der Waals surface area contributed by atoms with Crippen LogP contribution in [0.3, 0.4) is 0 Å². The predicted octanol–water partition coefficient (Wildman–Crippen LogP) is 4.42. The summed E-state index contributed by atoms with van der Waals surface area (Å²) >= 11 is 0. The number of rotatable bonds is 0. The van der Waals surface area contributed by atoms with Gasteiger partial charge in [0.05, 0.1) is 0 Å². The van der Waals surface area contributed by atoms with Crippen molar-refractivity contribution in [2.45, 2.75) is 52.4 Å². The van der Waals surface area contributed by atoms with Crippen LogP contribution < -0.4 is 0 Å². The molecule has 2 heteroatoms. The maximum atomic E-state index is 5.86. The van der Waals surface area contributed by atoms with E-state index in [0.29, 0.717) is 0 Å². The zero-order chi connectivity index (χ0) is 12.8. The minimum atomic E-state index is 0.0304. The Labute approximate surface area is 103 Å². The summed E-state index contributed by atoms with van der Waals surface area (Å²) in [5.41, 5.74) is 1.91. The lowest BCUT2D eigenvalue weighted by atomic mass is 9.91. The van der Waals surface area contributed by atoms with Crippen LogP contribution in [0.15, 0.2) is 22.6 Å². The summed E-state index contributed by atoms with van der Waals surface area (Å²) in [7, 11) is 0. The Bertz CT molecular complexity index is 526. The van der Waals surface area contributed by atoms with Gasteiger partial charge in [-0.2, -0.15) is 0 Å². The summed E-state index contributed by atoms with van der Waals surface area (Å²) in [6.45, 7) is 12.9. The van der Waals surface area contributed by atoms with Gasteiger partial charge >= 0.3 is 0 Å². The fourth-order valence-electron chi connectivity index (χ4n) is 1.70. The molecule has 0 aliphatic carbocycles. The molecule has 2 nitrogen and oxygen atoms in total. The second kappa shape index (κ2) is 3.59. The molecule has 2 rings (SSSR count). The normalized spacial score (nSPS) is 13.3. The summed E-state index contributed by atoms with van der Waals surface area (Å²) in [6, 6.07) is 6.28. The fourth-order valence-corrected chi connectivity index (χ4v) is 1.70. The topological polar surface area (TPSA) is 26.0 Å². The number of hydrogen-bond acceptors (Lipinski definition) is 2. The van der Waals surface area contributed by atoms with E-state index in [2.05, 4.69) is 64.7 Å². The standard InChI is InChI=1S/C15H21NO/c1-14(2,3)11-8-7-10-9-12(15(4,5)6)17-13(10)16-11/h7-9H,1-6H3. The largest absolute Gasteiger partial charge is 0.442 e. The first kappa shape index (κ1) is 12.2. The highest BCUT2D eigenvalue weighted by Crippen LogP contribution is 2.30. The van der Waals surface area contributed by atoms with E-state index in [1.807, 2.05) is 0 Å². The molecule has 0 amide bonds. The number of pyridine rings is 1. The molecule has 0 spiro atoms. The second-order valence-electron chi connectivity index (χ2n) is 6.70. The summed E-state index contributed by atoms with van der Waals surface area (Å²) in [5.74, 6) is 0.992. The highest BCUT2D eigenvalue weighted by Gasteiger charge is 2.21. The van der Waals surface area contributed by atoms with Gasteiger partial charge in [-0.3, -0.25) is 0 Å². The van der Waals surface area contributed by atoms with Crippen LogP contribution in [0.5, 0.6) is 0 Å². The fraction of sp³-hybridized carbons (Fsp3) is 0.533. The lowest BCUT2D eigenvalue weighted by molar-refractivity contribution is 0.424. The van der Waals surface area contributed by atoms with E-state index in [4.69, 9.17) is 4.42 Å². The smallest absolute Gasteiger partial charge is 0.226 e. The van der Waals surface area contributed by atoms with Gasteiger partial charge in [-0.05, 0) is 18.2 Å². The molecule has 0 fully saturated rings. The van der Waals surface area contributed by atoms with E-state index in [-0.39, 0.29) is 10.8 Å². The molecule has 0 bridgehead atoms. The average Bonchev–Trinajstić information content (AvgIpc) is 2.57. The van der Waals surface area contributed by atoms with Gasteiger partial charge in [0.1, 0.15) is 5.76 Å². The van der Waals surface area contributed by atoms with Crippen LogP contribution in [0, 0.1) is 0 Å². The van der Waals surface area contributed by atoms with E-state index in [0.717, 1.165) is 22.6 Å². The number of aromatic nitrogens is 1. The van der Waals surface area contributed by atoms with Crippen LogP contribution in [-0.2, 0) is 10.8 Å². The highest BCUT2D eigenvalue weighted by atomic mass is 16.3. The number of fused-ring (bicyclic) bond motifs is 1. The van der Waals surface area contributed by atoms with Gasteiger partial charge in [-0.1, -0.05) is 41.5 Å². The van der Waals surface area contributed by atoms with Gasteiger partial charge in [0, 0.05) is 21.9 Å². The van der Waals surface area contributed by atoms with Gasteiger partial charge < -0.3 is 4.42 Å². The average molecular weight is 231 g/mol. The molecule has 92 valence electrons. The third-order valence-corrected chi connectivity index (χ3v) is 2.89. The first-order valence-electron chi connectivity index (χ1n) is 6.09. The summed E-state index contributed by atoms with van der Waals surface area (Å²) in [4.78, 5) is 4.61. The SMILES string of the molecule is CC(C)(C)c1ccc2cc(C(C)(C)C)oc2n1. The van der Waals surface area contributed by atoms with Crippen LogP contribution >= 0.6 is 0 Å². The molecule has 0 saturated carbocycles. The molecule has 17 heavy (non-hydrogen) atoms. The zero-order valence-corrected chi connectivity index (χ0v) is 11.6. The Morgan fingerprint density at radius 1 is 0.941 bits per heavy atom. The van der Waals surface area contributed by atoms with Crippen molar-refractivity contribution < 1.29 is 4.42 Å². The van der Waals surface area contributed by atoms with Gasteiger partial charge in [-0.15, -0.1) is 0 Å². The van der Waals surface area contributed by atoms with Crippen molar-refractivity contribution in [2.24, 2.45) is 0 Å². The maximum Gasteiger partial charge on any atom is 0.226 e. The molecular formula is C15H21NO. The molecule has 2 aromatic rings. The van der Waals surface area contributed by atoms with Gasteiger partial charge in [-0.25, -0.2) is 4.98 Å². The van der Waals surface area contributed by atoms with Crippen molar-refractivity contribution in [3.63, 3.8) is 0 Å². The van der Waals surface area contributed by atoms with Gasteiger partial charge in [0.15, 0.2) is 0 Å². The Morgan fingerprint density at radius 3 is 2.12 bits per heavy atom. The molecule has 0 saturated heterocycles. The molecular weight excluding hydrogens is 210 g/mol. The molecule has 0 atom stereocenters. The molecule has 0 aromatic carbocycles. The van der Waals surface area contributed by atoms with E-state index in [1.165, 1.54) is 0 Å². The van der Waals surface area contributed by atoms with Crippen LogP contribution in [0.25, 0.3) is 11.1 Å². The molecule has 0 unspecified atom stereocenters. The zero-order valence-electron chi connectivity index (χ0n) is 11.6. The van der Waals surface area contributed by atoms with Crippen molar-refractivity contribution >= 4 is 11.1 Å². The summed E-state index contributed by atoms with van der Waals surface area (Å²) in [6.07, 6.45) is 0. The lowest BCUT2D eigenvalue weighted by Crippen LogP contribution is -2.12. The van der Waals surface area contributed by atoms with Crippen LogP contribution in [0.1, 0.15) is 53.0 Å². The number of nitrogens with zero attached hydrogens (tertiary/aromatic N) is 1. The molecule has 0 radical (unpaired) electrons. The van der Waals surface area contributed by atoms with E-state index < -0.39 is 0 Å². The van der Waals surface area contributed by atoms with Crippen LogP contribution in [0.2, 0.25) is 0 Å². The van der Waals surface area contributed by atoms with E-state index in [1.54, 1.807) is 0 Å². The molecule has 0 aliphatic heterocycles. The molecule has 2 heterocycles. The minimum Gasteiger partial charge on any atom is -0.442 e. The van der Waals surface area contributed by atoms with Crippen molar-refractivity contribution in [2.75, 3.05) is 0 Å². The first-order chi connectivity index (χ1) is 7.68. The Kier molecular flexibility index (Phi) is 2.57. The number of furan rings is 1. The second-order valence-corrected chi connectivity index (χ2v) is 6.70. The van der Waals surface area contributed by atoms with Crippen molar-refractivity contribution in [3.8, 4) is 0 Å². The van der Waals surface area contributed by atoms with Crippen LogP contribution in [0.4, 0.5) is 0 Å². The summed E-state index contributed by atoms with van der Waals surface area (Å²) < 4.78 is 5.86. The van der Waals surface area contributed by atoms with Crippen molar-refractivity contribution in [1.82, 2.24) is 4.98 Å². The first-order valence-corrected chi connectivity index (χ1v) is 6.09. The third-order valence-electron chi connectivity index (χ3n) is 2.89. The van der Waals surface area contributed by atoms with Crippen molar-refractivity contribution in [1.29, 1.82) is 0 Å². The van der Waals surface area contributed by atoms with E-state index >= 15 is 0 Å². The highest BCUT2D eigenvalue weighted by molar-refractivity contribution is 5.74. The molecule has 0 N–H and O–H groups in total. The molecule has 0 aliphatic rings. The minimum absolute atomic E-state index is 0.0304. The maximum absolute atomic E-state index is 5.86. The van der Waals surface area contributed by atoms with Crippen molar-refractivity contribution in [3.05, 3.63) is 29.7 Å². The van der Waals surface area contributed by atoms with Gasteiger partial charge in [0.2, 0.25) is 5.71 Å². The Hall–Kier alpha value is -1.31. The van der Waals surface area contributed by atoms with Crippen LogP contribution in [-0.4, -0.2) is 4.98 Å². The number of hydrogen-bond donors (Lipinski definition) is 0. The van der Waals surface area contributed by atoms with E-state index in [9.17, 15) is 0 Å². The van der Waals surface area contributed by atoms with Gasteiger partial charge in [0.25, 0.3) is 0 Å². The Morgan fingerprint density at radius 2 is 1.59 bits per heavy atom. The Balaban J connectivity index is 2.56. The molecule has 2 aromatic heterocycles. The lowest BCUT2D eigenvalue weighted by Gasteiger charge is -2.16. The monoisotopic (exact) mass is 231 g/mol. The quantitative estimate of drug-likeness (QED) is 0.670. The predicted molar refractivity (Wildman–Crippen MR) is 71.4 cm³/mol.